The maximum atomic E-state index is 13.3. The minimum atomic E-state index is -0.568. The number of aromatic nitrogens is 1. The molecular formula is C22H20N2O3S. The van der Waals surface area contributed by atoms with Gasteiger partial charge in [-0.3, -0.25) is 9.59 Å². The van der Waals surface area contributed by atoms with Gasteiger partial charge in [-0.15, -0.1) is 11.3 Å². The van der Waals surface area contributed by atoms with Crippen LogP contribution in [0, 0.1) is 0 Å². The number of aliphatic hydroxyl groups is 1. The Kier molecular flexibility index (Phi) is 4.09. The van der Waals surface area contributed by atoms with E-state index in [1.54, 1.807) is 11.0 Å². The van der Waals surface area contributed by atoms with Gasteiger partial charge in [0, 0.05) is 28.7 Å². The molecule has 0 bridgehead atoms. The second-order valence-corrected chi connectivity index (χ2v) is 8.36. The SMILES string of the molecule is O=C(C1=C(O)C(=O)N(C2CCCC2)C1c1c[nH]c2ccccc12)c1cccs1. The molecule has 1 aliphatic carbocycles. The lowest BCUT2D eigenvalue weighted by atomic mass is 9.94. The standard InChI is InChI=1S/C22H20N2O3S/c25-20(17-10-5-11-28-17)18-19(15-12-23-16-9-4-3-8-14(15)16)24(22(27)21(18)26)13-6-1-2-7-13/h3-5,8-13,19,23,26H,1-2,6-7H2. The first-order valence-electron chi connectivity index (χ1n) is 9.57. The largest absolute Gasteiger partial charge is 0.503 e. The number of carbonyl (C=O) groups is 2. The third-order valence-electron chi connectivity index (χ3n) is 5.87. The van der Waals surface area contributed by atoms with Gasteiger partial charge >= 0.3 is 0 Å². The second-order valence-electron chi connectivity index (χ2n) is 7.41. The molecule has 0 spiro atoms. The third kappa shape index (κ3) is 2.52. The zero-order chi connectivity index (χ0) is 19.3. The van der Waals surface area contributed by atoms with Crippen LogP contribution in [0.4, 0.5) is 0 Å². The van der Waals surface area contributed by atoms with Crippen LogP contribution in [0.3, 0.4) is 0 Å². The average molecular weight is 392 g/mol. The summed E-state index contributed by atoms with van der Waals surface area (Å²) in [5.74, 6) is -1.10. The van der Waals surface area contributed by atoms with E-state index in [0.717, 1.165) is 42.1 Å². The molecule has 1 aliphatic heterocycles. The lowest BCUT2D eigenvalue weighted by Gasteiger charge is -2.31. The van der Waals surface area contributed by atoms with E-state index < -0.39 is 17.7 Å². The smallest absolute Gasteiger partial charge is 0.290 e. The summed E-state index contributed by atoms with van der Waals surface area (Å²) in [5, 5.41) is 13.6. The van der Waals surface area contributed by atoms with E-state index in [1.165, 1.54) is 11.3 Å². The fourth-order valence-electron chi connectivity index (χ4n) is 4.58. The maximum absolute atomic E-state index is 13.3. The number of carbonyl (C=O) groups excluding carboxylic acids is 2. The van der Waals surface area contributed by atoms with Crippen molar-refractivity contribution in [3.05, 3.63) is 69.7 Å². The van der Waals surface area contributed by atoms with E-state index >= 15 is 0 Å². The number of H-pyrrole nitrogens is 1. The first kappa shape index (κ1) is 17.3. The monoisotopic (exact) mass is 392 g/mol. The normalized spacial score (nSPS) is 20.6. The van der Waals surface area contributed by atoms with E-state index in [-0.39, 0.29) is 17.4 Å². The number of hydrogen-bond donors (Lipinski definition) is 2. The molecule has 142 valence electrons. The van der Waals surface area contributed by atoms with Crippen molar-refractivity contribution in [1.82, 2.24) is 9.88 Å². The van der Waals surface area contributed by atoms with Crippen molar-refractivity contribution < 1.29 is 14.7 Å². The molecule has 1 amide bonds. The van der Waals surface area contributed by atoms with Crippen LogP contribution in [0.1, 0.15) is 47.0 Å². The highest BCUT2D eigenvalue weighted by molar-refractivity contribution is 7.12. The number of nitrogens with one attached hydrogen (secondary N) is 1. The fraction of sp³-hybridized carbons (Fsp3) is 0.273. The average Bonchev–Trinajstić information content (AvgIpc) is 3.49. The van der Waals surface area contributed by atoms with Crippen LogP contribution in [-0.4, -0.2) is 32.7 Å². The zero-order valence-electron chi connectivity index (χ0n) is 15.2. The highest BCUT2D eigenvalue weighted by Gasteiger charge is 2.47. The number of hydrogen-bond acceptors (Lipinski definition) is 4. The summed E-state index contributed by atoms with van der Waals surface area (Å²) in [5.41, 5.74) is 2.01. The van der Waals surface area contributed by atoms with Crippen molar-refractivity contribution in [2.45, 2.75) is 37.8 Å². The molecule has 0 radical (unpaired) electrons. The number of thiophene rings is 1. The summed E-state index contributed by atoms with van der Waals surface area (Å²) in [6, 6.07) is 10.9. The van der Waals surface area contributed by atoms with Crippen molar-refractivity contribution in [3.63, 3.8) is 0 Å². The predicted molar refractivity (Wildman–Crippen MR) is 108 cm³/mol. The summed E-state index contributed by atoms with van der Waals surface area (Å²) < 4.78 is 0. The Labute approximate surface area is 166 Å². The summed E-state index contributed by atoms with van der Waals surface area (Å²) in [6.45, 7) is 0. The number of amides is 1. The second kappa shape index (κ2) is 6.63. The summed E-state index contributed by atoms with van der Waals surface area (Å²) in [4.78, 5) is 31.9. The third-order valence-corrected chi connectivity index (χ3v) is 6.74. The Balaban J connectivity index is 1.69. The Hall–Kier alpha value is -2.86. The van der Waals surface area contributed by atoms with Crippen LogP contribution in [0.25, 0.3) is 10.9 Å². The van der Waals surface area contributed by atoms with Crippen molar-refractivity contribution in [1.29, 1.82) is 0 Å². The van der Waals surface area contributed by atoms with Crippen LogP contribution < -0.4 is 0 Å². The Morgan fingerprint density at radius 3 is 2.68 bits per heavy atom. The van der Waals surface area contributed by atoms with Gasteiger partial charge in [-0.25, -0.2) is 0 Å². The quantitative estimate of drug-likeness (QED) is 0.629. The van der Waals surface area contributed by atoms with Crippen LogP contribution in [0.15, 0.2) is 59.3 Å². The molecule has 0 saturated heterocycles. The van der Waals surface area contributed by atoms with Gasteiger partial charge in [-0.2, -0.15) is 0 Å². The molecule has 1 atom stereocenters. The molecule has 5 nitrogen and oxygen atoms in total. The first-order valence-corrected chi connectivity index (χ1v) is 10.4. The molecule has 2 N–H and O–H groups in total. The molecule has 2 aromatic heterocycles. The predicted octanol–water partition coefficient (Wildman–Crippen LogP) is 4.75. The summed E-state index contributed by atoms with van der Waals surface area (Å²) in [6.07, 6.45) is 5.79. The minimum absolute atomic E-state index is 0.0435. The number of nitrogens with zero attached hydrogens (tertiary/aromatic N) is 1. The van der Waals surface area contributed by atoms with Gasteiger partial charge in [0.1, 0.15) is 0 Å². The summed E-state index contributed by atoms with van der Waals surface area (Å²) >= 11 is 1.33. The topological polar surface area (TPSA) is 73.4 Å². The molecule has 2 aliphatic rings. The van der Waals surface area contributed by atoms with Gasteiger partial charge < -0.3 is 15.0 Å². The maximum Gasteiger partial charge on any atom is 0.290 e. The molecule has 3 heterocycles. The van der Waals surface area contributed by atoms with E-state index in [0.29, 0.717) is 4.88 Å². The molecule has 1 unspecified atom stereocenters. The molecule has 5 rings (SSSR count). The van der Waals surface area contributed by atoms with Crippen molar-refractivity contribution >= 4 is 33.9 Å². The first-order chi connectivity index (χ1) is 13.7. The van der Waals surface area contributed by atoms with Gasteiger partial charge in [0.25, 0.3) is 5.91 Å². The van der Waals surface area contributed by atoms with Crippen LogP contribution in [0.2, 0.25) is 0 Å². The molecular weight excluding hydrogens is 372 g/mol. The van der Waals surface area contributed by atoms with Crippen molar-refractivity contribution in [2.75, 3.05) is 0 Å². The minimum Gasteiger partial charge on any atom is -0.503 e. The molecule has 6 heteroatoms. The number of benzene rings is 1. The molecule has 3 aromatic rings. The summed E-state index contributed by atoms with van der Waals surface area (Å²) in [7, 11) is 0. The van der Waals surface area contributed by atoms with Crippen molar-refractivity contribution in [3.8, 4) is 0 Å². The number of aromatic amines is 1. The Bertz CT molecular complexity index is 1090. The molecule has 28 heavy (non-hydrogen) atoms. The lowest BCUT2D eigenvalue weighted by Crippen LogP contribution is -2.38. The van der Waals surface area contributed by atoms with Crippen LogP contribution >= 0.6 is 11.3 Å². The van der Waals surface area contributed by atoms with Gasteiger partial charge in [-0.05, 0) is 30.4 Å². The lowest BCUT2D eigenvalue weighted by molar-refractivity contribution is -0.131. The van der Waals surface area contributed by atoms with Gasteiger partial charge in [-0.1, -0.05) is 37.1 Å². The Morgan fingerprint density at radius 2 is 1.93 bits per heavy atom. The van der Waals surface area contributed by atoms with E-state index in [1.807, 2.05) is 41.9 Å². The number of ketones is 1. The van der Waals surface area contributed by atoms with E-state index in [2.05, 4.69) is 4.98 Å². The van der Waals surface area contributed by atoms with Crippen LogP contribution in [0.5, 0.6) is 0 Å². The van der Waals surface area contributed by atoms with Gasteiger partial charge in [0.15, 0.2) is 5.76 Å². The number of aliphatic hydroxyl groups excluding tert-OH is 1. The van der Waals surface area contributed by atoms with Crippen molar-refractivity contribution in [2.24, 2.45) is 0 Å². The van der Waals surface area contributed by atoms with E-state index in [4.69, 9.17) is 0 Å². The number of para-hydroxylation sites is 1. The zero-order valence-corrected chi connectivity index (χ0v) is 16.0. The molecule has 1 fully saturated rings. The van der Waals surface area contributed by atoms with Gasteiger partial charge in [0.05, 0.1) is 16.5 Å². The number of rotatable bonds is 4. The van der Waals surface area contributed by atoms with E-state index in [9.17, 15) is 14.7 Å². The number of fused-ring (bicyclic) bond motifs is 1. The highest BCUT2D eigenvalue weighted by atomic mass is 32.1. The Morgan fingerprint density at radius 1 is 1.14 bits per heavy atom. The molecule has 1 aromatic carbocycles. The number of Topliss-reactive ketones (excluding diaryl/α,β-unsaturated/α-hetero) is 1. The molecule has 1 saturated carbocycles. The fourth-order valence-corrected chi connectivity index (χ4v) is 5.26. The highest BCUT2D eigenvalue weighted by Crippen LogP contribution is 2.45. The van der Waals surface area contributed by atoms with Gasteiger partial charge in [0.2, 0.25) is 5.78 Å². The van der Waals surface area contributed by atoms with Crippen LogP contribution in [-0.2, 0) is 4.79 Å².